The number of hydrogen-bond acceptors (Lipinski definition) is 4. The fraction of sp³-hybridized carbons (Fsp3) is 0.357. The maximum Gasteiger partial charge on any atom is 0.327 e. The Balaban J connectivity index is 2.31. The number of ether oxygens (including phenoxy) is 1. The molecule has 0 saturated carbocycles. The van der Waals surface area contributed by atoms with Gasteiger partial charge in [-0.15, -0.1) is 0 Å². The maximum absolute atomic E-state index is 11.4. The average Bonchev–Trinajstić information content (AvgIpc) is 2.50. The molecule has 0 aliphatic heterocycles. The third kappa shape index (κ3) is 6.40. The van der Waals surface area contributed by atoms with Gasteiger partial charge in [-0.2, -0.15) is 0 Å². The molecule has 0 aliphatic carbocycles. The summed E-state index contributed by atoms with van der Waals surface area (Å²) in [5.41, 5.74) is 5.68. The number of nitrogens with one attached hydrogen (secondary N) is 4. The number of carbonyl (C=O) groups is 2. The first kappa shape index (κ1) is 17.7. The zero-order valence-electron chi connectivity index (χ0n) is 12.7. The molecule has 0 aliphatic rings. The lowest BCUT2D eigenvalue weighted by atomic mass is 10.2. The molecule has 22 heavy (non-hydrogen) atoms. The number of rotatable bonds is 4. The lowest BCUT2D eigenvalue weighted by Crippen LogP contribution is -2.52. The molecule has 0 fully saturated rings. The van der Waals surface area contributed by atoms with Gasteiger partial charge < -0.3 is 15.4 Å². The fourth-order valence-corrected chi connectivity index (χ4v) is 1.59. The van der Waals surface area contributed by atoms with Crippen LogP contribution in [-0.2, 0) is 16.1 Å². The first-order valence-electron chi connectivity index (χ1n) is 6.70. The smallest absolute Gasteiger partial charge is 0.327 e. The molecular weight excluding hydrogens is 304 g/mol. The summed E-state index contributed by atoms with van der Waals surface area (Å²) in [5.74, 6) is -0.754. The van der Waals surface area contributed by atoms with Crippen molar-refractivity contribution in [1.29, 1.82) is 0 Å². The number of hydrogen-bond donors (Lipinski definition) is 4. The van der Waals surface area contributed by atoms with Crippen LogP contribution in [0.1, 0.15) is 19.4 Å². The minimum atomic E-state index is -0.803. The van der Waals surface area contributed by atoms with E-state index in [1.54, 1.807) is 21.0 Å². The van der Waals surface area contributed by atoms with Gasteiger partial charge in [-0.05, 0) is 43.8 Å². The van der Waals surface area contributed by atoms with E-state index >= 15 is 0 Å². The van der Waals surface area contributed by atoms with Gasteiger partial charge in [-0.1, -0.05) is 12.1 Å². The summed E-state index contributed by atoms with van der Waals surface area (Å²) in [6.07, 6.45) is 0. The largest absolute Gasteiger partial charge is 0.497 e. The molecule has 4 N–H and O–H groups in total. The van der Waals surface area contributed by atoms with Gasteiger partial charge >= 0.3 is 11.8 Å². The maximum atomic E-state index is 11.4. The summed E-state index contributed by atoms with van der Waals surface area (Å²) in [4.78, 5) is 22.8. The predicted octanol–water partition coefficient (Wildman–Crippen LogP) is 0.215. The monoisotopic (exact) mass is 324 g/mol. The number of carbonyl (C=O) groups excluding carboxylic acids is 2. The molecule has 0 unspecified atom stereocenters. The van der Waals surface area contributed by atoms with Crippen LogP contribution in [0.2, 0.25) is 0 Å². The highest BCUT2D eigenvalue weighted by Crippen LogP contribution is 2.10. The number of amides is 2. The van der Waals surface area contributed by atoms with E-state index in [4.69, 9.17) is 17.0 Å². The molecule has 1 aromatic carbocycles. The van der Waals surface area contributed by atoms with Crippen LogP contribution in [0, 0.1) is 0 Å². The molecule has 120 valence electrons. The summed E-state index contributed by atoms with van der Waals surface area (Å²) < 4.78 is 5.07. The Kier molecular flexibility index (Phi) is 7.11. The van der Waals surface area contributed by atoms with Gasteiger partial charge in [0.1, 0.15) is 5.75 Å². The van der Waals surface area contributed by atoms with Crippen molar-refractivity contribution in [2.75, 3.05) is 7.11 Å². The van der Waals surface area contributed by atoms with Crippen LogP contribution >= 0.6 is 12.2 Å². The van der Waals surface area contributed by atoms with Crippen LogP contribution in [0.5, 0.6) is 5.75 Å². The predicted molar refractivity (Wildman–Crippen MR) is 87.0 cm³/mol. The number of hydrazine groups is 1. The Morgan fingerprint density at radius 2 is 1.77 bits per heavy atom. The third-order valence-electron chi connectivity index (χ3n) is 2.53. The van der Waals surface area contributed by atoms with E-state index in [0.717, 1.165) is 11.3 Å². The van der Waals surface area contributed by atoms with Gasteiger partial charge in [-0.25, -0.2) is 0 Å². The molecule has 1 rings (SSSR count). The summed E-state index contributed by atoms with van der Waals surface area (Å²) in [6, 6.07) is 7.35. The van der Waals surface area contributed by atoms with Crippen LogP contribution < -0.4 is 26.2 Å². The molecule has 0 heterocycles. The zero-order valence-corrected chi connectivity index (χ0v) is 13.5. The lowest BCUT2D eigenvalue weighted by molar-refractivity contribution is -0.139. The first-order chi connectivity index (χ1) is 10.4. The van der Waals surface area contributed by atoms with Crippen molar-refractivity contribution in [1.82, 2.24) is 21.5 Å². The molecule has 0 bridgehead atoms. The van der Waals surface area contributed by atoms with Gasteiger partial charge in [0, 0.05) is 12.6 Å². The SMILES string of the molecule is COc1ccc(CNC(=S)NNC(=O)C(=O)NC(C)C)cc1. The summed E-state index contributed by atoms with van der Waals surface area (Å²) in [6.45, 7) is 4.00. The topological polar surface area (TPSA) is 91.5 Å². The van der Waals surface area contributed by atoms with Crippen LogP contribution in [0.3, 0.4) is 0 Å². The minimum Gasteiger partial charge on any atom is -0.497 e. The second-order valence-electron chi connectivity index (χ2n) is 4.74. The van der Waals surface area contributed by atoms with E-state index in [0.29, 0.717) is 6.54 Å². The highest BCUT2D eigenvalue weighted by atomic mass is 32.1. The molecule has 0 saturated heterocycles. The second-order valence-corrected chi connectivity index (χ2v) is 5.15. The third-order valence-corrected chi connectivity index (χ3v) is 2.77. The van der Waals surface area contributed by atoms with Crippen molar-refractivity contribution in [3.63, 3.8) is 0 Å². The standard InChI is InChI=1S/C14H20N4O3S/c1-9(2)16-12(19)13(20)17-18-14(22)15-8-10-4-6-11(21-3)7-5-10/h4-7,9H,8H2,1-3H3,(H,16,19)(H,17,20)(H2,15,18,22). The highest BCUT2D eigenvalue weighted by molar-refractivity contribution is 7.80. The van der Waals surface area contributed by atoms with Crippen LogP contribution in [0.15, 0.2) is 24.3 Å². The number of benzene rings is 1. The van der Waals surface area contributed by atoms with Gasteiger partial charge in [0.05, 0.1) is 7.11 Å². The molecule has 2 amide bonds. The van der Waals surface area contributed by atoms with Gasteiger partial charge in [0.2, 0.25) is 0 Å². The Hall–Kier alpha value is -2.35. The molecule has 0 spiro atoms. The van der Waals surface area contributed by atoms with Gasteiger partial charge in [0.15, 0.2) is 5.11 Å². The zero-order chi connectivity index (χ0) is 16.5. The van der Waals surface area contributed by atoms with E-state index in [1.165, 1.54) is 0 Å². The summed E-state index contributed by atoms with van der Waals surface area (Å²) in [5, 5.41) is 5.58. The lowest BCUT2D eigenvalue weighted by Gasteiger charge is -2.12. The van der Waals surface area contributed by atoms with Crippen molar-refractivity contribution >= 4 is 29.1 Å². The van der Waals surface area contributed by atoms with E-state index in [2.05, 4.69) is 21.5 Å². The normalized spacial score (nSPS) is 9.82. The van der Waals surface area contributed by atoms with Crippen molar-refractivity contribution in [3.05, 3.63) is 29.8 Å². The highest BCUT2D eigenvalue weighted by Gasteiger charge is 2.13. The summed E-state index contributed by atoms with van der Waals surface area (Å²) >= 11 is 5.00. The van der Waals surface area contributed by atoms with Gasteiger partial charge in [0.25, 0.3) is 0 Å². The average molecular weight is 324 g/mol. The number of thiocarbonyl (C=S) groups is 1. The van der Waals surface area contributed by atoms with E-state index < -0.39 is 11.8 Å². The number of methoxy groups -OCH3 is 1. The van der Waals surface area contributed by atoms with Crippen molar-refractivity contribution in [3.8, 4) is 5.75 Å². The second kappa shape index (κ2) is 8.83. The van der Waals surface area contributed by atoms with Crippen molar-refractivity contribution in [2.45, 2.75) is 26.4 Å². The van der Waals surface area contributed by atoms with Crippen molar-refractivity contribution < 1.29 is 14.3 Å². The molecule has 0 aromatic heterocycles. The molecule has 8 heteroatoms. The van der Waals surface area contributed by atoms with E-state index in [9.17, 15) is 9.59 Å². The molecular formula is C14H20N4O3S. The van der Waals surface area contributed by atoms with Crippen molar-refractivity contribution in [2.24, 2.45) is 0 Å². The Labute approximate surface area is 134 Å². The minimum absolute atomic E-state index is 0.113. The molecule has 0 atom stereocenters. The Bertz CT molecular complexity index is 531. The van der Waals surface area contributed by atoms with Crippen LogP contribution in [0.4, 0.5) is 0 Å². The Morgan fingerprint density at radius 3 is 2.32 bits per heavy atom. The van der Waals surface area contributed by atoms with Gasteiger partial charge in [-0.3, -0.25) is 20.4 Å². The van der Waals surface area contributed by atoms with Crippen LogP contribution in [0.25, 0.3) is 0 Å². The Morgan fingerprint density at radius 1 is 1.14 bits per heavy atom. The quantitative estimate of drug-likeness (QED) is 0.360. The van der Waals surface area contributed by atoms with E-state index in [1.807, 2.05) is 24.3 Å². The molecule has 1 aromatic rings. The fourth-order valence-electron chi connectivity index (χ4n) is 1.47. The molecule has 0 radical (unpaired) electrons. The molecule has 7 nitrogen and oxygen atoms in total. The van der Waals surface area contributed by atoms with Crippen LogP contribution in [-0.4, -0.2) is 30.1 Å². The van der Waals surface area contributed by atoms with E-state index in [-0.39, 0.29) is 11.2 Å². The first-order valence-corrected chi connectivity index (χ1v) is 7.10. The summed E-state index contributed by atoms with van der Waals surface area (Å²) in [7, 11) is 1.60.